The molecule has 0 aliphatic heterocycles. The van der Waals surface area contributed by atoms with Crippen LogP contribution in [-0.4, -0.2) is 21.5 Å². The van der Waals surface area contributed by atoms with Crippen LogP contribution >= 0.6 is 0 Å². The summed E-state index contributed by atoms with van der Waals surface area (Å²) >= 11 is 0. The number of amides is 1. The van der Waals surface area contributed by atoms with Gasteiger partial charge in [0.1, 0.15) is 0 Å². The molecule has 1 saturated carbocycles. The second-order valence-corrected chi connectivity index (χ2v) is 5.37. The Morgan fingerprint density at radius 2 is 2.35 bits per heavy atom. The van der Waals surface area contributed by atoms with Crippen LogP contribution in [0.4, 0.5) is 0 Å². The van der Waals surface area contributed by atoms with E-state index in [4.69, 9.17) is 5.73 Å². The average Bonchev–Trinajstić information content (AvgIpc) is 2.90. The molecule has 0 bridgehead atoms. The number of nitrogens with two attached hydrogens (primary N) is 1. The van der Waals surface area contributed by atoms with E-state index in [2.05, 4.69) is 10.3 Å². The third-order valence-corrected chi connectivity index (χ3v) is 3.12. The van der Waals surface area contributed by atoms with Gasteiger partial charge in [-0.05, 0) is 26.7 Å². The number of imidazole rings is 1. The number of rotatable bonds is 6. The van der Waals surface area contributed by atoms with Gasteiger partial charge < -0.3 is 15.6 Å². The van der Waals surface area contributed by atoms with Gasteiger partial charge in [0.15, 0.2) is 0 Å². The van der Waals surface area contributed by atoms with E-state index in [0.717, 1.165) is 12.2 Å². The fraction of sp³-hybridized carbons (Fsp3) is 0.667. The molecule has 94 valence electrons. The summed E-state index contributed by atoms with van der Waals surface area (Å²) in [4.78, 5) is 15.2. The van der Waals surface area contributed by atoms with Crippen LogP contribution in [0.2, 0.25) is 0 Å². The number of hydrogen-bond donors (Lipinski definition) is 2. The van der Waals surface area contributed by atoms with Crippen molar-refractivity contribution in [2.24, 2.45) is 5.73 Å². The maximum absolute atomic E-state index is 11.1. The zero-order valence-electron chi connectivity index (χ0n) is 10.4. The van der Waals surface area contributed by atoms with Crippen molar-refractivity contribution in [1.82, 2.24) is 14.9 Å². The normalized spacial score (nSPS) is 16.1. The first kappa shape index (κ1) is 12.1. The van der Waals surface area contributed by atoms with E-state index in [1.54, 1.807) is 6.33 Å². The molecule has 1 aromatic rings. The molecular formula is C12H20N4O. The first-order valence-electron chi connectivity index (χ1n) is 6.02. The molecule has 0 aromatic carbocycles. The Bertz CT molecular complexity index is 406. The molecule has 1 fully saturated rings. The van der Waals surface area contributed by atoms with Gasteiger partial charge in [-0.15, -0.1) is 0 Å². The maximum Gasteiger partial charge on any atom is 0.219 e. The minimum atomic E-state index is -0.317. The molecule has 1 aliphatic rings. The summed E-state index contributed by atoms with van der Waals surface area (Å²) in [5, 5.41) is 3.45. The van der Waals surface area contributed by atoms with E-state index < -0.39 is 0 Å². The van der Waals surface area contributed by atoms with Crippen molar-refractivity contribution in [3.63, 3.8) is 0 Å². The summed E-state index contributed by atoms with van der Waals surface area (Å²) in [6.45, 7) is 4.80. The van der Waals surface area contributed by atoms with Gasteiger partial charge in [0.25, 0.3) is 0 Å². The van der Waals surface area contributed by atoms with Crippen LogP contribution in [0.3, 0.4) is 0 Å². The molecule has 0 atom stereocenters. The molecule has 5 nitrogen and oxygen atoms in total. The van der Waals surface area contributed by atoms with Crippen molar-refractivity contribution in [2.45, 2.75) is 51.2 Å². The Hall–Kier alpha value is -1.36. The SMILES string of the molecule is CC(C)(CC(N)=O)n1cncc1CNC1CC1. The van der Waals surface area contributed by atoms with Crippen molar-refractivity contribution in [1.29, 1.82) is 0 Å². The number of aromatic nitrogens is 2. The van der Waals surface area contributed by atoms with Crippen molar-refractivity contribution in [3.05, 3.63) is 18.2 Å². The molecular weight excluding hydrogens is 216 g/mol. The highest BCUT2D eigenvalue weighted by atomic mass is 16.1. The summed E-state index contributed by atoms with van der Waals surface area (Å²) in [7, 11) is 0. The van der Waals surface area contributed by atoms with E-state index in [9.17, 15) is 4.79 Å². The quantitative estimate of drug-likeness (QED) is 0.765. The second kappa shape index (κ2) is 4.49. The fourth-order valence-corrected chi connectivity index (χ4v) is 2.05. The van der Waals surface area contributed by atoms with E-state index >= 15 is 0 Å². The molecule has 3 N–H and O–H groups in total. The average molecular weight is 236 g/mol. The molecule has 1 amide bonds. The lowest BCUT2D eigenvalue weighted by Gasteiger charge is -2.27. The molecule has 0 saturated heterocycles. The standard InChI is InChI=1S/C12H20N4O/c1-12(2,5-11(13)17)16-8-14-6-10(16)7-15-9-3-4-9/h6,8-9,15H,3-5,7H2,1-2H3,(H2,13,17). The number of nitrogens with one attached hydrogen (secondary N) is 1. The van der Waals surface area contributed by atoms with Crippen molar-refractivity contribution in [2.75, 3.05) is 0 Å². The first-order valence-corrected chi connectivity index (χ1v) is 6.02. The van der Waals surface area contributed by atoms with Crippen molar-refractivity contribution < 1.29 is 4.79 Å². The highest BCUT2D eigenvalue weighted by molar-refractivity contribution is 5.74. The van der Waals surface area contributed by atoms with Gasteiger partial charge in [-0.3, -0.25) is 4.79 Å². The number of primary amides is 1. The lowest BCUT2D eigenvalue weighted by molar-refractivity contribution is -0.119. The predicted molar refractivity (Wildman–Crippen MR) is 65.2 cm³/mol. The topological polar surface area (TPSA) is 72.9 Å². The van der Waals surface area contributed by atoms with E-state index in [1.807, 2.05) is 24.6 Å². The van der Waals surface area contributed by atoms with Gasteiger partial charge in [-0.25, -0.2) is 4.98 Å². The number of carbonyl (C=O) groups is 1. The molecule has 17 heavy (non-hydrogen) atoms. The van der Waals surface area contributed by atoms with Gasteiger partial charge in [0.2, 0.25) is 5.91 Å². The molecule has 1 heterocycles. The molecule has 1 aromatic heterocycles. The molecule has 0 spiro atoms. The molecule has 0 radical (unpaired) electrons. The maximum atomic E-state index is 11.1. The number of carbonyl (C=O) groups excluding carboxylic acids is 1. The summed E-state index contributed by atoms with van der Waals surface area (Å²) < 4.78 is 2.03. The Kier molecular flexibility index (Phi) is 3.19. The van der Waals surface area contributed by atoms with Gasteiger partial charge in [-0.1, -0.05) is 0 Å². The summed E-state index contributed by atoms with van der Waals surface area (Å²) in [5.41, 5.74) is 6.06. The monoisotopic (exact) mass is 236 g/mol. The molecule has 0 unspecified atom stereocenters. The molecule has 2 rings (SSSR count). The van der Waals surface area contributed by atoms with Gasteiger partial charge >= 0.3 is 0 Å². The number of hydrogen-bond acceptors (Lipinski definition) is 3. The second-order valence-electron chi connectivity index (χ2n) is 5.37. The minimum Gasteiger partial charge on any atom is -0.370 e. The summed E-state index contributed by atoms with van der Waals surface area (Å²) in [6, 6.07) is 0.664. The Labute approximate surface area is 101 Å². The van der Waals surface area contributed by atoms with Crippen molar-refractivity contribution in [3.8, 4) is 0 Å². The van der Waals surface area contributed by atoms with Crippen molar-refractivity contribution >= 4 is 5.91 Å². The smallest absolute Gasteiger partial charge is 0.219 e. The lowest BCUT2D eigenvalue weighted by atomic mass is 9.99. The van der Waals surface area contributed by atoms with Gasteiger partial charge in [0.05, 0.1) is 12.0 Å². The first-order chi connectivity index (χ1) is 7.99. The largest absolute Gasteiger partial charge is 0.370 e. The van der Waals surface area contributed by atoms with Crippen LogP contribution in [0.1, 0.15) is 38.8 Å². The predicted octanol–water partition coefficient (Wildman–Crippen LogP) is 0.746. The van der Waals surface area contributed by atoms with Gasteiger partial charge in [-0.2, -0.15) is 0 Å². The zero-order valence-corrected chi connectivity index (χ0v) is 10.4. The zero-order chi connectivity index (χ0) is 12.5. The van der Waals surface area contributed by atoms with E-state index in [-0.39, 0.29) is 11.4 Å². The fourth-order valence-electron chi connectivity index (χ4n) is 2.05. The highest BCUT2D eigenvalue weighted by Crippen LogP contribution is 2.23. The van der Waals surface area contributed by atoms with Crippen LogP contribution < -0.4 is 11.1 Å². The van der Waals surface area contributed by atoms with Crippen LogP contribution in [0.15, 0.2) is 12.5 Å². The third-order valence-electron chi connectivity index (χ3n) is 3.12. The Balaban J connectivity index is 2.07. The Morgan fingerprint density at radius 3 is 2.94 bits per heavy atom. The molecule has 5 heteroatoms. The third kappa shape index (κ3) is 3.06. The Morgan fingerprint density at radius 1 is 1.65 bits per heavy atom. The van der Waals surface area contributed by atoms with Crippen LogP contribution in [-0.2, 0) is 16.9 Å². The number of nitrogens with zero attached hydrogens (tertiary/aromatic N) is 2. The van der Waals surface area contributed by atoms with Crippen LogP contribution in [0, 0.1) is 0 Å². The summed E-state index contributed by atoms with van der Waals surface area (Å²) in [5.74, 6) is -0.287. The van der Waals surface area contributed by atoms with Crippen LogP contribution in [0.25, 0.3) is 0 Å². The van der Waals surface area contributed by atoms with E-state index in [0.29, 0.717) is 12.5 Å². The minimum absolute atomic E-state index is 0.287. The summed E-state index contributed by atoms with van der Waals surface area (Å²) in [6.07, 6.45) is 6.46. The van der Waals surface area contributed by atoms with Gasteiger partial charge in [0, 0.05) is 30.7 Å². The highest BCUT2D eigenvalue weighted by Gasteiger charge is 2.26. The van der Waals surface area contributed by atoms with E-state index in [1.165, 1.54) is 12.8 Å². The molecule has 1 aliphatic carbocycles. The van der Waals surface area contributed by atoms with Crippen LogP contribution in [0.5, 0.6) is 0 Å². The lowest BCUT2D eigenvalue weighted by Crippen LogP contribution is -2.34.